The van der Waals surface area contributed by atoms with E-state index in [4.69, 9.17) is 11.6 Å². The lowest BCUT2D eigenvalue weighted by atomic mass is 10.2. The first-order valence-corrected chi connectivity index (χ1v) is 8.33. The highest BCUT2D eigenvalue weighted by Gasteiger charge is 2.33. The molecule has 18 heavy (non-hydrogen) atoms. The molecule has 1 saturated carbocycles. The van der Waals surface area contributed by atoms with E-state index in [9.17, 15) is 0 Å². The second-order valence-corrected chi connectivity index (χ2v) is 7.70. The Bertz CT molecular complexity index is 506. The summed E-state index contributed by atoms with van der Waals surface area (Å²) in [7, 11) is 0. The largest absolute Gasteiger partial charge is 0.305 e. The molecule has 4 heteroatoms. The van der Waals surface area contributed by atoms with Gasteiger partial charge in [0.1, 0.15) is 0 Å². The Kier molecular flexibility index (Phi) is 3.76. The van der Waals surface area contributed by atoms with Crippen LogP contribution in [0.2, 0.25) is 4.34 Å². The predicted octanol–water partition coefficient (Wildman–Crippen LogP) is 4.80. The van der Waals surface area contributed by atoms with Gasteiger partial charge in [-0.3, -0.25) is 0 Å². The van der Waals surface area contributed by atoms with Crippen LogP contribution in [0.4, 0.5) is 0 Å². The standard InChI is InChI=1S/C14H16ClNS2/c1-9-7-10(9)8-16-14(11-3-2-6-17-11)12-4-5-13(15)18-12/h2-6,9-10,14,16H,7-8H2,1H3. The number of rotatable bonds is 5. The van der Waals surface area contributed by atoms with E-state index >= 15 is 0 Å². The molecule has 2 aromatic rings. The molecule has 2 aromatic heterocycles. The van der Waals surface area contributed by atoms with Crippen molar-refractivity contribution in [3.8, 4) is 0 Å². The third kappa shape index (κ3) is 2.80. The fourth-order valence-corrected chi connectivity index (χ4v) is 4.28. The highest BCUT2D eigenvalue weighted by molar-refractivity contribution is 7.16. The molecule has 1 N–H and O–H groups in total. The lowest BCUT2D eigenvalue weighted by Gasteiger charge is -2.16. The number of hydrogen-bond acceptors (Lipinski definition) is 3. The molecule has 0 spiro atoms. The maximum Gasteiger partial charge on any atom is 0.0931 e. The van der Waals surface area contributed by atoms with E-state index in [2.05, 4.69) is 35.8 Å². The fraction of sp³-hybridized carbons (Fsp3) is 0.429. The zero-order chi connectivity index (χ0) is 12.5. The lowest BCUT2D eigenvalue weighted by Crippen LogP contribution is -2.23. The van der Waals surface area contributed by atoms with E-state index in [-0.39, 0.29) is 0 Å². The molecule has 3 rings (SSSR count). The van der Waals surface area contributed by atoms with Crippen LogP contribution >= 0.6 is 34.3 Å². The molecule has 1 aliphatic rings. The minimum absolute atomic E-state index is 0.315. The van der Waals surface area contributed by atoms with Gasteiger partial charge in [-0.1, -0.05) is 24.6 Å². The first kappa shape index (κ1) is 12.7. The molecule has 1 aliphatic carbocycles. The van der Waals surface area contributed by atoms with Crippen LogP contribution < -0.4 is 5.32 Å². The molecule has 0 aliphatic heterocycles. The monoisotopic (exact) mass is 297 g/mol. The molecular weight excluding hydrogens is 282 g/mol. The first-order valence-electron chi connectivity index (χ1n) is 6.26. The van der Waals surface area contributed by atoms with Gasteiger partial charge >= 0.3 is 0 Å². The maximum absolute atomic E-state index is 6.06. The second-order valence-electron chi connectivity index (χ2n) is 4.97. The van der Waals surface area contributed by atoms with E-state index in [0.717, 1.165) is 22.7 Å². The normalized spacial score (nSPS) is 24.1. The molecule has 1 fully saturated rings. The number of nitrogens with one attached hydrogen (secondary N) is 1. The van der Waals surface area contributed by atoms with Gasteiger partial charge in [0.05, 0.1) is 10.4 Å². The van der Waals surface area contributed by atoms with Gasteiger partial charge in [-0.2, -0.15) is 0 Å². The SMILES string of the molecule is CC1CC1CNC(c1cccs1)c1ccc(Cl)s1. The quantitative estimate of drug-likeness (QED) is 0.836. The van der Waals surface area contributed by atoms with Gasteiger partial charge in [0.2, 0.25) is 0 Å². The van der Waals surface area contributed by atoms with Crippen LogP contribution in [0.5, 0.6) is 0 Å². The van der Waals surface area contributed by atoms with E-state index in [1.54, 1.807) is 11.3 Å². The van der Waals surface area contributed by atoms with Crippen LogP contribution in [0.1, 0.15) is 29.1 Å². The average Bonchev–Trinajstić information content (AvgIpc) is 2.79. The Morgan fingerprint density at radius 3 is 2.78 bits per heavy atom. The van der Waals surface area contributed by atoms with Gasteiger partial charge in [-0.25, -0.2) is 0 Å². The highest BCUT2D eigenvalue weighted by Crippen LogP contribution is 2.39. The summed E-state index contributed by atoms with van der Waals surface area (Å²) in [5.41, 5.74) is 0. The molecular formula is C14H16ClNS2. The molecule has 1 nitrogen and oxygen atoms in total. The zero-order valence-electron chi connectivity index (χ0n) is 10.2. The summed E-state index contributed by atoms with van der Waals surface area (Å²) in [6, 6.07) is 8.76. The molecule has 2 heterocycles. The zero-order valence-corrected chi connectivity index (χ0v) is 12.6. The van der Waals surface area contributed by atoms with Crippen molar-refractivity contribution in [3.63, 3.8) is 0 Å². The topological polar surface area (TPSA) is 12.0 Å². The molecule has 0 bridgehead atoms. The van der Waals surface area contributed by atoms with Gasteiger partial charge in [-0.15, -0.1) is 22.7 Å². The Balaban J connectivity index is 1.75. The summed E-state index contributed by atoms with van der Waals surface area (Å²) >= 11 is 9.54. The summed E-state index contributed by atoms with van der Waals surface area (Å²) in [5, 5.41) is 5.84. The van der Waals surface area contributed by atoms with Crippen molar-refractivity contribution in [2.45, 2.75) is 19.4 Å². The Hall–Kier alpha value is -0.350. The fourth-order valence-electron chi connectivity index (χ4n) is 2.23. The van der Waals surface area contributed by atoms with Crippen LogP contribution in [0.15, 0.2) is 29.6 Å². The lowest BCUT2D eigenvalue weighted by molar-refractivity contribution is 0.567. The van der Waals surface area contributed by atoms with Crippen molar-refractivity contribution < 1.29 is 0 Å². The third-order valence-corrected chi connectivity index (χ3v) is 5.80. The minimum atomic E-state index is 0.315. The van der Waals surface area contributed by atoms with Gasteiger partial charge < -0.3 is 5.32 Å². The maximum atomic E-state index is 6.06. The van der Waals surface area contributed by atoms with Crippen LogP contribution in [0.3, 0.4) is 0 Å². The minimum Gasteiger partial charge on any atom is -0.305 e. The van der Waals surface area contributed by atoms with Crippen molar-refractivity contribution in [3.05, 3.63) is 43.7 Å². The Labute approximate surface area is 121 Å². The van der Waals surface area contributed by atoms with Crippen molar-refractivity contribution >= 4 is 34.3 Å². The summed E-state index contributed by atoms with van der Waals surface area (Å²) < 4.78 is 0.869. The van der Waals surface area contributed by atoms with Gasteiger partial charge in [0.25, 0.3) is 0 Å². The molecule has 3 atom stereocenters. The average molecular weight is 298 g/mol. The molecule has 0 saturated heterocycles. The summed E-state index contributed by atoms with van der Waals surface area (Å²) in [6.45, 7) is 3.44. The Morgan fingerprint density at radius 2 is 2.22 bits per heavy atom. The Morgan fingerprint density at radius 1 is 1.39 bits per heavy atom. The van der Waals surface area contributed by atoms with E-state index < -0.39 is 0 Å². The van der Waals surface area contributed by atoms with Crippen molar-refractivity contribution in [2.75, 3.05) is 6.54 Å². The van der Waals surface area contributed by atoms with Gasteiger partial charge in [0.15, 0.2) is 0 Å². The second kappa shape index (κ2) is 5.33. The first-order chi connectivity index (χ1) is 8.74. The van der Waals surface area contributed by atoms with E-state index in [1.807, 2.05) is 17.4 Å². The molecule has 3 unspecified atom stereocenters. The van der Waals surface area contributed by atoms with Crippen molar-refractivity contribution in [1.82, 2.24) is 5.32 Å². The molecule has 0 aromatic carbocycles. The van der Waals surface area contributed by atoms with Crippen molar-refractivity contribution in [1.29, 1.82) is 0 Å². The summed E-state index contributed by atoms with van der Waals surface area (Å²) in [4.78, 5) is 2.69. The predicted molar refractivity (Wildman–Crippen MR) is 80.8 cm³/mol. The smallest absolute Gasteiger partial charge is 0.0931 e. The van der Waals surface area contributed by atoms with Crippen LogP contribution in [-0.4, -0.2) is 6.54 Å². The number of halogens is 1. The highest BCUT2D eigenvalue weighted by atomic mass is 35.5. The van der Waals surface area contributed by atoms with Gasteiger partial charge in [-0.05, 0) is 48.4 Å². The summed E-state index contributed by atoms with van der Waals surface area (Å²) in [5.74, 6) is 1.76. The van der Waals surface area contributed by atoms with Crippen LogP contribution in [0.25, 0.3) is 0 Å². The third-order valence-electron chi connectivity index (χ3n) is 3.57. The van der Waals surface area contributed by atoms with Crippen molar-refractivity contribution in [2.24, 2.45) is 11.8 Å². The molecule has 0 amide bonds. The van der Waals surface area contributed by atoms with E-state index in [1.165, 1.54) is 16.2 Å². The van der Waals surface area contributed by atoms with E-state index in [0.29, 0.717) is 6.04 Å². The molecule has 0 radical (unpaired) electrons. The number of thiophene rings is 2. The summed E-state index contributed by atoms with van der Waals surface area (Å²) in [6.07, 6.45) is 1.37. The van der Waals surface area contributed by atoms with Crippen LogP contribution in [-0.2, 0) is 0 Å². The molecule has 96 valence electrons. The van der Waals surface area contributed by atoms with Crippen LogP contribution in [0, 0.1) is 11.8 Å². The number of hydrogen-bond donors (Lipinski definition) is 1. The van der Waals surface area contributed by atoms with Gasteiger partial charge in [0, 0.05) is 9.75 Å².